The molecule has 0 N–H and O–H groups in total. The predicted octanol–water partition coefficient (Wildman–Crippen LogP) is 3.23. The first-order chi connectivity index (χ1) is 4.39. The third-order valence-electron chi connectivity index (χ3n) is 1.67. The van der Waals surface area contributed by atoms with Crippen molar-refractivity contribution in [2.24, 2.45) is 11.8 Å². The molecule has 0 aromatic carbocycles. The van der Waals surface area contributed by atoms with Crippen LogP contribution < -0.4 is 0 Å². The molecule has 62 valence electrons. The van der Waals surface area contributed by atoms with Crippen LogP contribution in [0.4, 0.5) is 13.2 Å². The molecular formula is C7H13F3. The first kappa shape index (κ1) is 9.79. The monoisotopic (exact) mass is 154 g/mol. The number of halogens is 3. The number of hydrogen-bond donors (Lipinski definition) is 0. The zero-order valence-corrected chi connectivity index (χ0v) is 6.50. The van der Waals surface area contributed by atoms with Crippen LogP contribution >= 0.6 is 0 Å². The van der Waals surface area contributed by atoms with Crippen LogP contribution in [0.5, 0.6) is 0 Å². The highest BCUT2D eigenvalue weighted by Crippen LogP contribution is 2.33. The maximum absolute atomic E-state index is 12.0. The van der Waals surface area contributed by atoms with Gasteiger partial charge >= 0.3 is 6.18 Å². The smallest absolute Gasteiger partial charge is 0.171 e. The zero-order valence-electron chi connectivity index (χ0n) is 6.50. The molecule has 0 aromatic rings. The highest BCUT2D eigenvalue weighted by atomic mass is 19.4. The summed E-state index contributed by atoms with van der Waals surface area (Å²) in [5, 5.41) is 0. The fourth-order valence-corrected chi connectivity index (χ4v) is 1.08. The van der Waals surface area contributed by atoms with Crippen LogP contribution in [-0.4, -0.2) is 6.18 Å². The van der Waals surface area contributed by atoms with Gasteiger partial charge < -0.3 is 0 Å². The highest BCUT2D eigenvalue weighted by Gasteiger charge is 2.39. The van der Waals surface area contributed by atoms with Gasteiger partial charge in [0.1, 0.15) is 0 Å². The lowest BCUT2D eigenvalue weighted by molar-refractivity contribution is -0.186. The van der Waals surface area contributed by atoms with E-state index in [4.69, 9.17) is 0 Å². The minimum atomic E-state index is -4.01. The molecule has 0 spiro atoms. The lowest BCUT2D eigenvalue weighted by atomic mass is 9.93. The molecule has 1 unspecified atom stereocenters. The Morgan fingerprint density at radius 2 is 1.60 bits per heavy atom. The normalized spacial score (nSPS) is 15.9. The Labute approximate surface area is 59.4 Å². The summed E-state index contributed by atoms with van der Waals surface area (Å²) in [4.78, 5) is 0. The number of rotatable bonds is 2. The van der Waals surface area contributed by atoms with Gasteiger partial charge in [-0.15, -0.1) is 0 Å². The van der Waals surface area contributed by atoms with E-state index in [1.54, 1.807) is 20.8 Å². The van der Waals surface area contributed by atoms with Crippen molar-refractivity contribution in [3.63, 3.8) is 0 Å². The van der Waals surface area contributed by atoms with Gasteiger partial charge in [0.25, 0.3) is 0 Å². The molecule has 0 aliphatic carbocycles. The molecule has 0 amide bonds. The zero-order chi connectivity index (χ0) is 8.36. The van der Waals surface area contributed by atoms with Crippen molar-refractivity contribution in [1.82, 2.24) is 0 Å². The SMILES string of the molecule is CCC(C(C)C)C(F)(F)F. The van der Waals surface area contributed by atoms with Gasteiger partial charge in [-0.2, -0.15) is 13.2 Å². The van der Waals surface area contributed by atoms with Crippen LogP contribution in [0.2, 0.25) is 0 Å². The first-order valence-electron chi connectivity index (χ1n) is 3.46. The topological polar surface area (TPSA) is 0 Å². The van der Waals surface area contributed by atoms with Crippen molar-refractivity contribution in [2.45, 2.75) is 33.4 Å². The molecule has 0 aliphatic rings. The molecule has 0 saturated carbocycles. The second kappa shape index (κ2) is 3.26. The molecule has 0 saturated heterocycles. The van der Waals surface area contributed by atoms with Crippen molar-refractivity contribution in [2.75, 3.05) is 0 Å². The highest BCUT2D eigenvalue weighted by molar-refractivity contribution is 4.68. The number of alkyl halides is 3. The summed E-state index contributed by atoms with van der Waals surface area (Å²) in [6.07, 6.45) is -3.83. The molecule has 0 fully saturated rings. The molecule has 0 aliphatic heterocycles. The van der Waals surface area contributed by atoms with E-state index in [1.165, 1.54) is 0 Å². The molecule has 0 radical (unpaired) electrons. The van der Waals surface area contributed by atoms with Crippen LogP contribution in [0.3, 0.4) is 0 Å². The van der Waals surface area contributed by atoms with Gasteiger partial charge in [-0.25, -0.2) is 0 Å². The maximum Gasteiger partial charge on any atom is 0.392 e. The van der Waals surface area contributed by atoms with Crippen molar-refractivity contribution in [1.29, 1.82) is 0 Å². The predicted molar refractivity (Wildman–Crippen MR) is 34.7 cm³/mol. The minimum absolute atomic E-state index is 0.182. The third-order valence-corrected chi connectivity index (χ3v) is 1.67. The molecule has 3 heteroatoms. The summed E-state index contributed by atoms with van der Waals surface area (Å²) in [5.74, 6) is -1.43. The summed E-state index contributed by atoms with van der Waals surface area (Å²) in [5.41, 5.74) is 0. The van der Waals surface area contributed by atoms with E-state index in [-0.39, 0.29) is 12.3 Å². The molecule has 10 heavy (non-hydrogen) atoms. The van der Waals surface area contributed by atoms with E-state index in [1.807, 2.05) is 0 Å². The van der Waals surface area contributed by atoms with Crippen molar-refractivity contribution in [3.05, 3.63) is 0 Å². The third kappa shape index (κ3) is 2.58. The van der Waals surface area contributed by atoms with E-state index in [0.717, 1.165) is 0 Å². The van der Waals surface area contributed by atoms with Gasteiger partial charge in [-0.1, -0.05) is 20.8 Å². The van der Waals surface area contributed by atoms with Gasteiger partial charge in [-0.3, -0.25) is 0 Å². The molecule has 1 atom stereocenters. The fraction of sp³-hybridized carbons (Fsp3) is 1.00. The number of hydrogen-bond acceptors (Lipinski definition) is 0. The van der Waals surface area contributed by atoms with Crippen molar-refractivity contribution >= 4 is 0 Å². The Morgan fingerprint density at radius 3 is 1.60 bits per heavy atom. The average molecular weight is 154 g/mol. The van der Waals surface area contributed by atoms with Gasteiger partial charge in [0.2, 0.25) is 0 Å². The largest absolute Gasteiger partial charge is 0.392 e. The lowest BCUT2D eigenvalue weighted by Gasteiger charge is -2.21. The van der Waals surface area contributed by atoms with Crippen LogP contribution in [0.25, 0.3) is 0 Å². The van der Waals surface area contributed by atoms with Crippen LogP contribution in [0, 0.1) is 11.8 Å². The average Bonchev–Trinajstić information content (AvgIpc) is 1.60. The summed E-state index contributed by atoms with van der Waals surface area (Å²) < 4.78 is 35.9. The quantitative estimate of drug-likeness (QED) is 0.572. The second-order valence-electron chi connectivity index (χ2n) is 2.80. The maximum atomic E-state index is 12.0. The summed E-state index contributed by atoms with van der Waals surface area (Å²) in [6.45, 7) is 4.77. The van der Waals surface area contributed by atoms with Crippen LogP contribution in [0.15, 0.2) is 0 Å². The Kier molecular flexibility index (Phi) is 3.19. The van der Waals surface area contributed by atoms with Gasteiger partial charge in [0.15, 0.2) is 0 Å². The first-order valence-corrected chi connectivity index (χ1v) is 3.46. The second-order valence-corrected chi connectivity index (χ2v) is 2.80. The Bertz CT molecular complexity index is 93.5. The van der Waals surface area contributed by atoms with E-state index in [2.05, 4.69) is 0 Å². The van der Waals surface area contributed by atoms with Gasteiger partial charge in [0.05, 0.1) is 5.92 Å². The fourth-order valence-electron chi connectivity index (χ4n) is 1.08. The molecule has 0 heterocycles. The van der Waals surface area contributed by atoms with Crippen molar-refractivity contribution < 1.29 is 13.2 Å². The van der Waals surface area contributed by atoms with Crippen LogP contribution in [-0.2, 0) is 0 Å². The van der Waals surface area contributed by atoms with Gasteiger partial charge in [-0.05, 0) is 12.3 Å². The Morgan fingerprint density at radius 1 is 1.20 bits per heavy atom. The van der Waals surface area contributed by atoms with E-state index in [0.29, 0.717) is 0 Å². The van der Waals surface area contributed by atoms with Crippen molar-refractivity contribution in [3.8, 4) is 0 Å². The molecule has 0 aromatic heterocycles. The van der Waals surface area contributed by atoms with E-state index < -0.39 is 12.1 Å². The molecule has 0 rings (SSSR count). The summed E-state index contributed by atoms with van der Waals surface area (Å²) >= 11 is 0. The minimum Gasteiger partial charge on any atom is -0.171 e. The Hall–Kier alpha value is -0.210. The Balaban J connectivity index is 4.07. The van der Waals surface area contributed by atoms with Crippen LogP contribution in [0.1, 0.15) is 27.2 Å². The summed E-state index contributed by atoms with van der Waals surface area (Å²) in [6, 6.07) is 0. The standard InChI is InChI=1S/C7H13F3/c1-4-6(5(2)3)7(8,9)10/h5-6H,4H2,1-3H3. The summed E-state index contributed by atoms with van der Waals surface area (Å²) in [7, 11) is 0. The molecule has 0 bridgehead atoms. The molecule has 0 nitrogen and oxygen atoms in total. The van der Waals surface area contributed by atoms with E-state index >= 15 is 0 Å². The van der Waals surface area contributed by atoms with E-state index in [9.17, 15) is 13.2 Å². The van der Waals surface area contributed by atoms with Gasteiger partial charge in [0, 0.05) is 0 Å². The lowest BCUT2D eigenvalue weighted by Crippen LogP contribution is -2.26. The molecular weight excluding hydrogens is 141 g/mol.